The van der Waals surface area contributed by atoms with E-state index >= 15 is 0 Å². The summed E-state index contributed by atoms with van der Waals surface area (Å²) >= 11 is 0. The smallest absolute Gasteiger partial charge is 0.417 e. The molecule has 0 aliphatic carbocycles. The number of methoxy groups -OCH3 is 1. The van der Waals surface area contributed by atoms with E-state index in [0.29, 0.717) is 0 Å². The van der Waals surface area contributed by atoms with Crippen molar-refractivity contribution >= 4 is 17.8 Å². The number of esters is 1. The number of benzene rings is 1. The molecule has 2 amide bonds. The molecule has 0 aliphatic heterocycles. The molecule has 23 heavy (non-hydrogen) atoms. The predicted octanol–water partition coefficient (Wildman–Crippen LogP) is 1.24. The van der Waals surface area contributed by atoms with E-state index in [4.69, 9.17) is 5.73 Å². The van der Waals surface area contributed by atoms with Crippen molar-refractivity contribution in [3.63, 3.8) is 0 Å². The van der Waals surface area contributed by atoms with Gasteiger partial charge in [-0.3, -0.25) is 14.4 Å². The van der Waals surface area contributed by atoms with Gasteiger partial charge in [0.2, 0.25) is 5.91 Å². The molecular weight excluding hydrogens is 317 g/mol. The molecule has 0 aromatic heterocycles. The summed E-state index contributed by atoms with van der Waals surface area (Å²) in [5.74, 6) is -2.71. The predicted molar refractivity (Wildman–Crippen MR) is 73.1 cm³/mol. The summed E-state index contributed by atoms with van der Waals surface area (Å²) in [5, 5.41) is 2.10. The topological polar surface area (TPSA) is 98.5 Å². The summed E-state index contributed by atoms with van der Waals surface area (Å²) in [6.07, 6.45) is -5.12. The maximum Gasteiger partial charge on any atom is 0.417 e. The highest BCUT2D eigenvalue weighted by atomic mass is 19.4. The van der Waals surface area contributed by atoms with Crippen LogP contribution in [0.25, 0.3) is 0 Å². The first-order valence-electron chi connectivity index (χ1n) is 6.50. The van der Waals surface area contributed by atoms with Gasteiger partial charge in [0.05, 0.1) is 18.2 Å². The quantitative estimate of drug-likeness (QED) is 0.766. The van der Waals surface area contributed by atoms with Crippen LogP contribution in [-0.4, -0.2) is 30.9 Å². The Labute approximate surface area is 129 Å². The lowest BCUT2D eigenvalue weighted by Crippen LogP contribution is -2.45. The normalized spacial score (nSPS) is 12.3. The van der Waals surface area contributed by atoms with E-state index in [0.717, 1.165) is 25.3 Å². The number of ether oxygens (including phenoxy) is 1. The van der Waals surface area contributed by atoms with Crippen LogP contribution < -0.4 is 11.1 Å². The Kier molecular flexibility index (Phi) is 6.11. The van der Waals surface area contributed by atoms with Crippen molar-refractivity contribution in [3.8, 4) is 0 Å². The third-order valence-electron chi connectivity index (χ3n) is 2.99. The average molecular weight is 332 g/mol. The number of rotatable bonds is 6. The zero-order valence-corrected chi connectivity index (χ0v) is 12.1. The van der Waals surface area contributed by atoms with E-state index in [9.17, 15) is 27.6 Å². The summed E-state index contributed by atoms with van der Waals surface area (Å²) in [7, 11) is 1.14. The summed E-state index contributed by atoms with van der Waals surface area (Å²) in [6.45, 7) is 0. The van der Waals surface area contributed by atoms with Crippen LogP contribution >= 0.6 is 0 Å². The standard InChI is InChI=1S/C14H15F3N2O4/c1-23-11(20)7-6-10(12(18)21)19-13(22)8-4-2-3-5-9(8)14(15,16)17/h2-5,10H,6-7H2,1H3,(H2,18,21)(H,19,22)/t10-/m1/s1. The number of primary amides is 1. The minimum atomic E-state index is -4.72. The summed E-state index contributed by atoms with van der Waals surface area (Å²) in [6, 6.07) is 2.85. The molecule has 0 aliphatic rings. The van der Waals surface area contributed by atoms with Gasteiger partial charge in [-0.2, -0.15) is 13.2 Å². The fraction of sp³-hybridized carbons (Fsp3) is 0.357. The summed E-state index contributed by atoms with van der Waals surface area (Å²) in [4.78, 5) is 34.3. The van der Waals surface area contributed by atoms with Crippen molar-refractivity contribution in [2.75, 3.05) is 7.11 Å². The molecular formula is C14H15F3N2O4. The van der Waals surface area contributed by atoms with E-state index in [1.165, 1.54) is 6.07 Å². The number of halogens is 3. The Hall–Kier alpha value is -2.58. The number of nitrogens with one attached hydrogen (secondary N) is 1. The highest BCUT2D eigenvalue weighted by Gasteiger charge is 2.35. The highest BCUT2D eigenvalue weighted by Crippen LogP contribution is 2.31. The molecule has 0 saturated carbocycles. The fourth-order valence-electron chi connectivity index (χ4n) is 1.81. The van der Waals surface area contributed by atoms with Crippen LogP contribution in [0, 0.1) is 0 Å². The molecule has 0 bridgehead atoms. The third-order valence-corrected chi connectivity index (χ3v) is 2.99. The van der Waals surface area contributed by atoms with Crippen LogP contribution in [0.3, 0.4) is 0 Å². The molecule has 1 rings (SSSR count). The molecule has 1 atom stereocenters. The molecule has 126 valence electrons. The fourth-order valence-corrected chi connectivity index (χ4v) is 1.81. The maximum absolute atomic E-state index is 12.9. The lowest BCUT2D eigenvalue weighted by molar-refractivity contribution is -0.141. The lowest BCUT2D eigenvalue weighted by Gasteiger charge is -2.17. The van der Waals surface area contributed by atoms with E-state index in [-0.39, 0.29) is 12.8 Å². The van der Waals surface area contributed by atoms with Gasteiger partial charge >= 0.3 is 12.1 Å². The molecule has 0 fully saturated rings. The van der Waals surface area contributed by atoms with Crippen LogP contribution in [-0.2, 0) is 20.5 Å². The second-order valence-electron chi connectivity index (χ2n) is 4.59. The number of hydrogen-bond donors (Lipinski definition) is 2. The molecule has 9 heteroatoms. The number of carbonyl (C=O) groups is 3. The van der Waals surface area contributed by atoms with Gasteiger partial charge < -0.3 is 15.8 Å². The SMILES string of the molecule is COC(=O)CC[C@@H](NC(=O)c1ccccc1C(F)(F)F)C(N)=O. The van der Waals surface area contributed by atoms with Crippen molar-refractivity contribution in [1.82, 2.24) is 5.32 Å². The Morgan fingerprint density at radius 3 is 2.39 bits per heavy atom. The van der Waals surface area contributed by atoms with E-state index < -0.39 is 41.1 Å². The molecule has 0 unspecified atom stereocenters. The number of carbonyl (C=O) groups excluding carboxylic acids is 3. The first-order chi connectivity index (χ1) is 10.7. The minimum Gasteiger partial charge on any atom is -0.469 e. The molecule has 0 radical (unpaired) electrons. The van der Waals surface area contributed by atoms with Gasteiger partial charge in [0.15, 0.2) is 0 Å². The molecule has 0 heterocycles. The number of amides is 2. The van der Waals surface area contributed by atoms with Gasteiger partial charge in [-0.15, -0.1) is 0 Å². The van der Waals surface area contributed by atoms with Crippen molar-refractivity contribution < 1.29 is 32.3 Å². The second kappa shape index (κ2) is 7.61. The van der Waals surface area contributed by atoms with Crippen molar-refractivity contribution in [3.05, 3.63) is 35.4 Å². The Morgan fingerprint density at radius 2 is 1.87 bits per heavy atom. The highest BCUT2D eigenvalue weighted by molar-refractivity contribution is 5.98. The Balaban J connectivity index is 2.92. The van der Waals surface area contributed by atoms with E-state index in [2.05, 4.69) is 10.1 Å². The molecule has 6 nitrogen and oxygen atoms in total. The van der Waals surface area contributed by atoms with Gasteiger partial charge in [0.25, 0.3) is 5.91 Å². The zero-order valence-electron chi connectivity index (χ0n) is 12.1. The van der Waals surface area contributed by atoms with Crippen LogP contribution in [0.5, 0.6) is 0 Å². The summed E-state index contributed by atoms with van der Waals surface area (Å²) < 4.78 is 43.0. The minimum absolute atomic E-state index is 0.179. The third kappa shape index (κ3) is 5.28. The van der Waals surface area contributed by atoms with E-state index in [1.807, 2.05) is 0 Å². The van der Waals surface area contributed by atoms with Gasteiger partial charge in [-0.25, -0.2) is 0 Å². The number of nitrogens with two attached hydrogens (primary N) is 1. The first-order valence-corrected chi connectivity index (χ1v) is 6.50. The van der Waals surface area contributed by atoms with Crippen LogP contribution in [0.2, 0.25) is 0 Å². The van der Waals surface area contributed by atoms with Crippen molar-refractivity contribution in [2.24, 2.45) is 5.73 Å². The Bertz CT molecular complexity index is 602. The second-order valence-corrected chi connectivity index (χ2v) is 4.59. The number of hydrogen-bond acceptors (Lipinski definition) is 4. The van der Waals surface area contributed by atoms with Crippen molar-refractivity contribution in [2.45, 2.75) is 25.1 Å². The van der Waals surface area contributed by atoms with Gasteiger partial charge in [-0.05, 0) is 18.6 Å². The summed E-state index contributed by atoms with van der Waals surface area (Å²) in [5.41, 5.74) is 3.32. The first kappa shape index (κ1) is 18.5. The van der Waals surface area contributed by atoms with E-state index in [1.54, 1.807) is 0 Å². The van der Waals surface area contributed by atoms with Crippen LogP contribution in [0.1, 0.15) is 28.8 Å². The average Bonchev–Trinajstić information content (AvgIpc) is 2.49. The van der Waals surface area contributed by atoms with Gasteiger partial charge in [0, 0.05) is 6.42 Å². The maximum atomic E-state index is 12.9. The van der Waals surface area contributed by atoms with Crippen molar-refractivity contribution in [1.29, 1.82) is 0 Å². The molecule has 1 aromatic carbocycles. The van der Waals surface area contributed by atoms with Crippen LogP contribution in [0.4, 0.5) is 13.2 Å². The molecule has 0 spiro atoms. The monoisotopic (exact) mass is 332 g/mol. The molecule has 3 N–H and O–H groups in total. The van der Waals surface area contributed by atoms with Gasteiger partial charge in [0.1, 0.15) is 6.04 Å². The molecule has 1 aromatic rings. The molecule has 0 saturated heterocycles. The number of alkyl halides is 3. The van der Waals surface area contributed by atoms with Gasteiger partial charge in [-0.1, -0.05) is 12.1 Å². The largest absolute Gasteiger partial charge is 0.469 e. The lowest BCUT2D eigenvalue weighted by atomic mass is 10.0. The Morgan fingerprint density at radius 1 is 1.26 bits per heavy atom. The van der Waals surface area contributed by atoms with Crippen LogP contribution in [0.15, 0.2) is 24.3 Å². The zero-order chi connectivity index (χ0) is 17.6.